The molecule has 0 spiro atoms. The van der Waals surface area contributed by atoms with E-state index in [0.29, 0.717) is 5.56 Å². The lowest BCUT2D eigenvalue weighted by atomic mass is 9.97. The Morgan fingerprint density at radius 2 is 2.30 bits per heavy atom. The summed E-state index contributed by atoms with van der Waals surface area (Å²) in [6, 6.07) is 1.68. The van der Waals surface area contributed by atoms with Gasteiger partial charge in [-0.2, -0.15) is 0 Å². The highest BCUT2D eigenvalue weighted by molar-refractivity contribution is 6.05. The number of carbonyl (C=O) groups is 2. The molecule has 0 bridgehead atoms. The summed E-state index contributed by atoms with van der Waals surface area (Å²) in [7, 11) is 0. The van der Waals surface area contributed by atoms with Crippen LogP contribution in [-0.2, 0) is 4.79 Å². The van der Waals surface area contributed by atoms with Gasteiger partial charge in [-0.15, -0.1) is 0 Å². The highest BCUT2D eigenvalue weighted by Gasteiger charge is 2.23. The van der Waals surface area contributed by atoms with Crippen LogP contribution < -0.4 is 16.4 Å². The highest BCUT2D eigenvalue weighted by atomic mass is 16.3. The van der Waals surface area contributed by atoms with Crippen LogP contribution in [0.25, 0.3) is 0 Å². The first-order valence-electron chi connectivity index (χ1n) is 6.59. The van der Waals surface area contributed by atoms with E-state index < -0.39 is 11.8 Å². The van der Waals surface area contributed by atoms with Gasteiger partial charge in [0.1, 0.15) is 0 Å². The van der Waals surface area contributed by atoms with Gasteiger partial charge in [0.15, 0.2) is 11.4 Å². The topological polar surface area (TPSA) is 117 Å². The molecule has 2 amide bonds. The summed E-state index contributed by atoms with van der Waals surface area (Å²) in [6.07, 6.45) is 4.50. The molecule has 2 rings (SSSR count). The fraction of sp³-hybridized carbons (Fsp3) is 0.462. The van der Waals surface area contributed by atoms with Gasteiger partial charge >= 0.3 is 0 Å². The number of nitrogens with one attached hydrogen (secondary N) is 2. The number of rotatable bonds is 3. The largest absolute Gasteiger partial charge is 0.505 e. The number of imide groups is 1. The molecule has 1 saturated heterocycles. The first kappa shape index (κ1) is 14.4. The quantitative estimate of drug-likeness (QED) is 0.609. The summed E-state index contributed by atoms with van der Waals surface area (Å²) < 4.78 is 0. The highest BCUT2D eigenvalue weighted by Crippen LogP contribution is 2.31. The van der Waals surface area contributed by atoms with Crippen molar-refractivity contribution >= 4 is 11.8 Å². The van der Waals surface area contributed by atoms with Crippen LogP contribution in [0.15, 0.2) is 12.3 Å². The van der Waals surface area contributed by atoms with Gasteiger partial charge in [-0.25, -0.2) is 4.98 Å². The maximum Gasteiger partial charge on any atom is 0.280 e. The number of hydrogen-bond donors (Lipinski definition) is 4. The molecule has 108 valence electrons. The summed E-state index contributed by atoms with van der Waals surface area (Å²) in [6.45, 7) is 0.579. The Hall–Kier alpha value is -1.99. The van der Waals surface area contributed by atoms with Gasteiger partial charge in [0.2, 0.25) is 5.91 Å². The van der Waals surface area contributed by atoms with Crippen LogP contribution in [0.1, 0.15) is 41.4 Å². The molecule has 7 heteroatoms. The van der Waals surface area contributed by atoms with Crippen molar-refractivity contribution in [2.24, 2.45) is 5.73 Å². The molecule has 1 aliphatic heterocycles. The van der Waals surface area contributed by atoms with Gasteiger partial charge in [-0.05, 0) is 25.5 Å². The Balaban J connectivity index is 2.22. The molecule has 0 aliphatic carbocycles. The van der Waals surface area contributed by atoms with Crippen LogP contribution >= 0.6 is 0 Å². The van der Waals surface area contributed by atoms with E-state index in [1.54, 1.807) is 6.07 Å². The molecule has 0 aromatic carbocycles. The SMILES string of the molecule is NCC(=O)NC(=O)c1nccc(C2CCCCN2)c1O. The molecule has 1 aromatic heterocycles. The van der Waals surface area contributed by atoms with Crippen molar-refractivity contribution < 1.29 is 14.7 Å². The molecule has 0 radical (unpaired) electrons. The lowest BCUT2D eigenvalue weighted by Gasteiger charge is -2.24. The molecule has 1 aromatic rings. The Morgan fingerprint density at radius 1 is 1.50 bits per heavy atom. The van der Waals surface area contributed by atoms with E-state index in [1.165, 1.54) is 6.20 Å². The average Bonchev–Trinajstić information content (AvgIpc) is 2.48. The van der Waals surface area contributed by atoms with Crippen molar-refractivity contribution in [1.29, 1.82) is 0 Å². The fourth-order valence-electron chi connectivity index (χ4n) is 2.27. The predicted molar refractivity (Wildman–Crippen MR) is 72.0 cm³/mol. The molecule has 1 atom stereocenters. The van der Waals surface area contributed by atoms with Gasteiger partial charge in [-0.1, -0.05) is 6.42 Å². The number of nitrogens with two attached hydrogens (primary N) is 1. The summed E-state index contributed by atoms with van der Waals surface area (Å²) in [5.41, 5.74) is 5.60. The van der Waals surface area contributed by atoms with Crippen molar-refractivity contribution in [2.75, 3.05) is 13.1 Å². The van der Waals surface area contributed by atoms with E-state index in [2.05, 4.69) is 15.6 Å². The second-order valence-corrected chi connectivity index (χ2v) is 4.68. The number of nitrogens with zero attached hydrogens (tertiary/aromatic N) is 1. The molecule has 2 heterocycles. The van der Waals surface area contributed by atoms with E-state index in [9.17, 15) is 14.7 Å². The Kier molecular flexibility index (Phi) is 4.65. The standard InChI is InChI=1S/C13H18N4O3/c14-7-10(18)17-13(20)11-12(19)8(4-6-16-11)9-3-1-2-5-15-9/h4,6,9,15,19H,1-3,5,7,14H2,(H,17,18,20). The molecule has 7 nitrogen and oxygen atoms in total. The van der Waals surface area contributed by atoms with Crippen LogP contribution in [0.4, 0.5) is 0 Å². The third-order valence-corrected chi connectivity index (χ3v) is 3.29. The van der Waals surface area contributed by atoms with Crippen molar-refractivity contribution in [1.82, 2.24) is 15.6 Å². The second-order valence-electron chi connectivity index (χ2n) is 4.68. The molecule has 1 fully saturated rings. The number of carbonyl (C=O) groups excluding carboxylic acids is 2. The molecule has 20 heavy (non-hydrogen) atoms. The van der Waals surface area contributed by atoms with Crippen LogP contribution in [-0.4, -0.2) is 35.0 Å². The van der Waals surface area contributed by atoms with E-state index in [1.807, 2.05) is 0 Å². The van der Waals surface area contributed by atoms with Crippen molar-refractivity contribution in [3.05, 3.63) is 23.5 Å². The van der Waals surface area contributed by atoms with Crippen LogP contribution in [0, 0.1) is 0 Å². The summed E-state index contributed by atoms with van der Waals surface area (Å²) in [5.74, 6) is -1.54. The molecule has 1 unspecified atom stereocenters. The monoisotopic (exact) mass is 278 g/mol. The first-order valence-corrected chi connectivity index (χ1v) is 6.59. The predicted octanol–water partition coefficient (Wildman–Crippen LogP) is -0.183. The van der Waals surface area contributed by atoms with E-state index in [0.717, 1.165) is 25.8 Å². The summed E-state index contributed by atoms with van der Waals surface area (Å²) in [5, 5.41) is 15.6. The first-order chi connectivity index (χ1) is 9.63. The number of aromatic nitrogens is 1. The number of hydrogen-bond acceptors (Lipinski definition) is 6. The lowest BCUT2D eigenvalue weighted by molar-refractivity contribution is -0.118. The van der Waals surface area contributed by atoms with Gasteiger partial charge in [-0.3, -0.25) is 14.9 Å². The number of piperidine rings is 1. The average molecular weight is 278 g/mol. The van der Waals surface area contributed by atoms with Crippen molar-refractivity contribution in [3.63, 3.8) is 0 Å². The van der Waals surface area contributed by atoms with Crippen LogP contribution in [0.5, 0.6) is 5.75 Å². The van der Waals surface area contributed by atoms with Crippen molar-refractivity contribution in [2.45, 2.75) is 25.3 Å². The number of aromatic hydroxyl groups is 1. The van der Waals surface area contributed by atoms with Gasteiger partial charge in [0, 0.05) is 17.8 Å². The number of amides is 2. The summed E-state index contributed by atoms with van der Waals surface area (Å²) >= 11 is 0. The minimum atomic E-state index is -0.740. The normalized spacial score (nSPS) is 18.6. The van der Waals surface area contributed by atoms with Gasteiger partial charge in [0.05, 0.1) is 6.54 Å². The van der Waals surface area contributed by atoms with Crippen LogP contribution in [0.2, 0.25) is 0 Å². The minimum absolute atomic E-state index is 0.00325. The van der Waals surface area contributed by atoms with Crippen LogP contribution in [0.3, 0.4) is 0 Å². The fourth-order valence-corrected chi connectivity index (χ4v) is 2.27. The molecule has 0 saturated carbocycles. The molecule has 5 N–H and O–H groups in total. The zero-order valence-corrected chi connectivity index (χ0v) is 11.1. The maximum absolute atomic E-state index is 11.8. The van der Waals surface area contributed by atoms with E-state index in [4.69, 9.17) is 5.73 Å². The molecule has 1 aliphatic rings. The maximum atomic E-state index is 11.8. The summed E-state index contributed by atoms with van der Waals surface area (Å²) in [4.78, 5) is 26.8. The van der Waals surface area contributed by atoms with Gasteiger partial charge < -0.3 is 16.2 Å². The van der Waals surface area contributed by atoms with Crippen molar-refractivity contribution in [3.8, 4) is 5.75 Å². The zero-order valence-electron chi connectivity index (χ0n) is 11.1. The Bertz CT molecular complexity index is 512. The smallest absolute Gasteiger partial charge is 0.280 e. The van der Waals surface area contributed by atoms with E-state index >= 15 is 0 Å². The lowest BCUT2D eigenvalue weighted by Crippen LogP contribution is -2.36. The number of pyridine rings is 1. The Morgan fingerprint density at radius 3 is 2.95 bits per heavy atom. The van der Waals surface area contributed by atoms with Gasteiger partial charge in [0.25, 0.3) is 5.91 Å². The zero-order chi connectivity index (χ0) is 14.5. The Labute approximate surface area is 116 Å². The second kappa shape index (κ2) is 6.44. The third kappa shape index (κ3) is 3.12. The molecular weight excluding hydrogens is 260 g/mol. The third-order valence-electron chi connectivity index (χ3n) is 3.29. The minimum Gasteiger partial charge on any atom is -0.505 e. The molecular formula is C13H18N4O3. The van der Waals surface area contributed by atoms with E-state index in [-0.39, 0.29) is 24.0 Å².